The monoisotopic (exact) mass is 546 g/mol. The van der Waals surface area contributed by atoms with Crippen LogP contribution in [-0.4, -0.2) is 56.7 Å². The zero-order chi connectivity index (χ0) is 28.3. The SMILES string of the molecule is Cc1ccc(Cc2nc(N3CCN(C(=O)/C=C/c4ccccc4)CC3)c3c(C)nn(-c4ccc(F)cc4)c3n2)cc1. The fourth-order valence-corrected chi connectivity index (χ4v) is 5.14. The van der Waals surface area contributed by atoms with Crippen LogP contribution in [0.25, 0.3) is 22.8 Å². The van der Waals surface area contributed by atoms with Crippen molar-refractivity contribution in [3.05, 3.63) is 119 Å². The molecule has 0 unspecified atom stereocenters. The average Bonchev–Trinajstić information content (AvgIpc) is 3.33. The third-order valence-electron chi connectivity index (χ3n) is 7.39. The quantitative estimate of drug-likeness (QED) is 0.262. The van der Waals surface area contributed by atoms with E-state index in [2.05, 4.69) is 36.1 Å². The molecule has 0 spiro atoms. The molecular formula is C33H31FN6O. The van der Waals surface area contributed by atoms with Crippen molar-refractivity contribution in [2.24, 2.45) is 0 Å². The van der Waals surface area contributed by atoms with Crippen molar-refractivity contribution in [3.63, 3.8) is 0 Å². The predicted octanol–water partition coefficient (Wildman–Crippen LogP) is 5.52. The Morgan fingerprint density at radius 2 is 1.59 bits per heavy atom. The summed E-state index contributed by atoms with van der Waals surface area (Å²) in [5, 5.41) is 5.66. The Bertz CT molecular complexity index is 1700. The Labute approximate surface area is 238 Å². The van der Waals surface area contributed by atoms with Gasteiger partial charge in [0, 0.05) is 38.7 Å². The summed E-state index contributed by atoms with van der Waals surface area (Å²) in [5.74, 6) is 1.20. The lowest BCUT2D eigenvalue weighted by molar-refractivity contribution is -0.126. The molecule has 5 aromatic rings. The largest absolute Gasteiger partial charge is 0.352 e. The summed E-state index contributed by atoms with van der Waals surface area (Å²) in [5.41, 5.74) is 5.53. The highest BCUT2D eigenvalue weighted by atomic mass is 19.1. The van der Waals surface area contributed by atoms with Crippen molar-refractivity contribution < 1.29 is 9.18 Å². The fraction of sp³-hybridized carbons (Fsp3) is 0.212. The molecule has 1 saturated heterocycles. The number of aryl methyl sites for hydroxylation is 2. The maximum Gasteiger partial charge on any atom is 0.246 e. The van der Waals surface area contributed by atoms with Crippen LogP contribution in [0.1, 0.15) is 28.2 Å². The van der Waals surface area contributed by atoms with Crippen molar-refractivity contribution in [1.29, 1.82) is 0 Å². The highest BCUT2D eigenvalue weighted by molar-refractivity contribution is 5.93. The van der Waals surface area contributed by atoms with E-state index in [1.165, 1.54) is 17.7 Å². The molecule has 1 aliphatic rings. The van der Waals surface area contributed by atoms with Crippen molar-refractivity contribution in [2.75, 3.05) is 31.1 Å². The van der Waals surface area contributed by atoms with Gasteiger partial charge in [-0.15, -0.1) is 0 Å². The molecule has 3 heterocycles. The van der Waals surface area contributed by atoms with Crippen LogP contribution in [0.5, 0.6) is 0 Å². The van der Waals surface area contributed by atoms with Crippen molar-refractivity contribution in [1.82, 2.24) is 24.6 Å². The van der Waals surface area contributed by atoms with Crippen LogP contribution in [0.4, 0.5) is 10.2 Å². The first-order valence-electron chi connectivity index (χ1n) is 13.8. The lowest BCUT2D eigenvalue weighted by atomic mass is 10.1. The topological polar surface area (TPSA) is 67.2 Å². The van der Waals surface area contributed by atoms with Crippen LogP contribution in [0.3, 0.4) is 0 Å². The smallest absolute Gasteiger partial charge is 0.246 e. The number of carbonyl (C=O) groups is 1. The van der Waals surface area contributed by atoms with Gasteiger partial charge in [0.1, 0.15) is 17.5 Å². The van der Waals surface area contributed by atoms with Crippen LogP contribution >= 0.6 is 0 Å². The maximum absolute atomic E-state index is 13.7. The first-order valence-corrected chi connectivity index (χ1v) is 13.8. The standard InChI is InChI=1S/C33H31FN6O/c1-23-8-10-26(11-9-23)22-29-35-32(31-24(2)37-40(33(31)36-29)28-15-13-27(34)14-16-28)39-20-18-38(19-21-39)30(41)17-12-25-6-4-3-5-7-25/h3-17H,18-22H2,1-2H3/b17-12+. The molecule has 0 bridgehead atoms. The Morgan fingerprint density at radius 1 is 0.878 bits per heavy atom. The van der Waals surface area contributed by atoms with Crippen LogP contribution in [0.2, 0.25) is 0 Å². The molecule has 0 aliphatic carbocycles. The lowest BCUT2D eigenvalue weighted by Gasteiger charge is -2.35. The number of nitrogens with zero attached hydrogens (tertiary/aromatic N) is 6. The second kappa shape index (κ2) is 11.3. The third kappa shape index (κ3) is 5.72. The molecule has 206 valence electrons. The third-order valence-corrected chi connectivity index (χ3v) is 7.39. The zero-order valence-electron chi connectivity index (χ0n) is 23.2. The number of hydrogen-bond acceptors (Lipinski definition) is 5. The van der Waals surface area contributed by atoms with Crippen LogP contribution < -0.4 is 4.90 Å². The summed E-state index contributed by atoms with van der Waals surface area (Å²) in [6.07, 6.45) is 4.07. The van der Waals surface area contributed by atoms with Gasteiger partial charge >= 0.3 is 0 Å². The molecule has 1 aliphatic heterocycles. The molecule has 8 heteroatoms. The molecule has 41 heavy (non-hydrogen) atoms. The molecule has 0 atom stereocenters. The van der Waals surface area contributed by atoms with Gasteiger partial charge in [0.05, 0.1) is 16.8 Å². The fourth-order valence-electron chi connectivity index (χ4n) is 5.14. The number of aromatic nitrogens is 4. The maximum atomic E-state index is 13.7. The van der Waals surface area contributed by atoms with E-state index in [9.17, 15) is 9.18 Å². The average molecular weight is 547 g/mol. The number of carbonyl (C=O) groups excluding carboxylic acids is 1. The van der Waals surface area contributed by atoms with E-state index in [-0.39, 0.29) is 11.7 Å². The van der Waals surface area contributed by atoms with E-state index >= 15 is 0 Å². The highest BCUT2D eigenvalue weighted by Crippen LogP contribution is 2.30. The van der Waals surface area contributed by atoms with Crippen LogP contribution in [-0.2, 0) is 11.2 Å². The minimum absolute atomic E-state index is 0.00158. The number of fused-ring (bicyclic) bond motifs is 1. The van der Waals surface area contributed by atoms with E-state index in [0.29, 0.717) is 44.1 Å². The molecule has 0 N–H and O–H groups in total. The molecule has 2 aromatic heterocycles. The molecule has 0 radical (unpaired) electrons. The minimum atomic E-state index is -0.302. The van der Waals surface area contributed by atoms with E-state index in [1.54, 1.807) is 22.9 Å². The van der Waals surface area contributed by atoms with Crippen LogP contribution in [0, 0.1) is 19.7 Å². The first-order chi connectivity index (χ1) is 19.9. The van der Waals surface area contributed by atoms with E-state index in [0.717, 1.165) is 33.7 Å². The van der Waals surface area contributed by atoms with Crippen LogP contribution in [0.15, 0.2) is 84.9 Å². The second-order valence-corrected chi connectivity index (χ2v) is 10.4. The number of anilines is 1. The molecule has 6 rings (SSSR count). The Kier molecular flexibility index (Phi) is 7.29. The van der Waals surface area contributed by atoms with Gasteiger partial charge in [-0.3, -0.25) is 4.79 Å². The van der Waals surface area contributed by atoms with Crippen molar-refractivity contribution in [3.8, 4) is 5.69 Å². The molecule has 7 nitrogen and oxygen atoms in total. The molecule has 3 aromatic carbocycles. The first kappa shape index (κ1) is 26.4. The Balaban J connectivity index is 1.31. The summed E-state index contributed by atoms with van der Waals surface area (Å²) in [6, 6.07) is 24.5. The number of piperazine rings is 1. The molecule has 1 amide bonds. The van der Waals surface area contributed by atoms with Gasteiger partial charge in [-0.1, -0.05) is 60.2 Å². The van der Waals surface area contributed by atoms with Crippen molar-refractivity contribution >= 4 is 28.8 Å². The van der Waals surface area contributed by atoms with Gasteiger partial charge in [0.15, 0.2) is 5.65 Å². The normalized spacial score (nSPS) is 13.8. The summed E-state index contributed by atoms with van der Waals surface area (Å²) in [6.45, 7) is 6.47. The molecule has 0 saturated carbocycles. The van der Waals surface area contributed by atoms with Gasteiger partial charge in [0.2, 0.25) is 5.91 Å². The summed E-state index contributed by atoms with van der Waals surface area (Å²) >= 11 is 0. The summed E-state index contributed by atoms with van der Waals surface area (Å²) in [4.78, 5) is 27.0. The number of halogens is 1. The number of hydrogen-bond donors (Lipinski definition) is 0. The van der Waals surface area contributed by atoms with Gasteiger partial charge in [-0.05, 0) is 55.3 Å². The number of rotatable bonds is 6. The molecule has 1 fully saturated rings. The number of amides is 1. The number of benzene rings is 3. The Hall–Kier alpha value is -4.85. The summed E-state index contributed by atoms with van der Waals surface area (Å²) in [7, 11) is 0. The van der Waals surface area contributed by atoms with Crippen molar-refractivity contribution in [2.45, 2.75) is 20.3 Å². The lowest BCUT2D eigenvalue weighted by Crippen LogP contribution is -2.48. The zero-order valence-corrected chi connectivity index (χ0v) is 23.2. The predicted molar refractivity (Wildman–Crippen MR) is 160 cm³/mol. The Morgan fingerprint density at radius 3 is 2.29 bits per heavy atom. The van der Waals surface area contributed by atoms with Gasteiger partial charge in [-0.2, -0.15) is 5.10 Å². The minimum Gasteiger partial charge on any atom is -0.352 e. The van der Waals surface area contributed by atoms with Gasteiger partial charge in [-0.25, -0.2) is 19.0 Å². The van der Waals surface area contributed by atoms with Gasteiger partial charge < -0.3 is 9.80 Å². The van der Waals surface area contributed by atoms with E-state index in [4.69, 9.17) is 15.1 Å². The summed E-state index contributed by atoms with van der Waals surface area (Å²) < 4.78 is 15.5. The van der Waals surface area contributed by atoms with E-state index < -0.39 is 0 Å². The highest BCUT2D eigenvalue weighted by Gasteiger charge is 2.26. The van der Waals surface area contributed by atoms with E-state index in [1.807, 2.05) is 48.2 Å². The molecular weight excluding hydrogens is 515 g/mol. The van der Waals surface area contributed by atoms with Gasteiger partial charge in [0.25, 0.3) is 0 Å². The second-order valence-electron chi connectivity index (χ2n) is 10.4.